The Morgan fingerprint density at radius 1 is 1.09 bits per heavy atom. The minimum Gasteiger partial charge on any atom is -0.387 e. The van der Waals surface area contributed by atoms with Crippen molar-refractivity contribution in [2.24, 2.45) is 0 Å². The summed E-state index contributed by atoms with van der Waals surface area (Å²) < 4.78 is 27.2. The van der Waals surface area contributed by atoms with E-state index < -0.39 is 23.3 Å². The highest BCUT2D eigenvalue weighted by Gasteiger charge is 2.28. The summed E-state index contributed by atoms with van der Waals surface area (Å²) in [7, 11) is 1.77. The van der Waals surface area contributed by atoms with Crippen LogP contribution in [0.15, 0.2) is 30.5 Å². The molecule has 8 nitrogen and oxygen atoms in total. The lowest BCUT2D eigenvalue weighted by molar-refractivity contribution is -0.0516. The fourth-order valence-electron chi connectivity index (χ4n) is 3.87. The van der Waals surface area contributed by atoms with Crippen molar-refractivity contribution in [2.45, 2.75) is 32.1 Å². The lowest BCUT2D eigenvalue weighted by atomic mass is 9.98. The molecule has 3 heterocycles. The Balaban J connectivity index is 1.53. The van der Waals surface area contributed by atoms with Crippen LogP contribution in [0.1, 0.15) is 31.2 Å². The van der Waals surface area contributed by atoms with Crippen molar-refractivity contribution in [3.63, 3.8) is 0 Å². The third-order valence-corrected chi connectivity index (χ3v) is 5.82. The molecule has 1 saturated heterocycles. The first-order valence-corrected chi connectivity index (χ1v) is 10.8. The van der Waals surface area contributed by atoms with E-state index in [0.717, 1.165) is 6.07 Å². The molecule has 4 rings (SSSR count). The maximum absolute atomic E-state index is 14.0. The summed E-state index contributed by atoms with van der Waals surface area (Å²) in [6.45, 7) is 6.11. The molecule has 0 aliphatic carbocycles. The van der Waals surface area contributed by atoms with Crippen LogP contribution in [-0.2, 0) is 6.54 Å². The number of pyridine rings is 1. The topological polar surface area (TPSA) is 97.6 Å². The molecule has 1 unspecified atom stereocenters. The van der Waals surface area contributed by atoms with E-state index in [2.05, 4.69) is 25.1 Å². The summed E-state index contributed by atoms with van der Waals surface area (Å²) in [5.74, 6) is 0.169. The predicted octanol–water partition coefficient (Wildman–Crippen LogP) is 2.47. The Hall–Kier alpha value is -2.95. The summed E-state index contributed by atoms with van der Waals surface area (Å²) in [5.41, 5.74) is 0.575. The number of hydrogen-bond acceptors (Lipinski definition) is 8. The van der Waals surface area contributed by atoms with E-state index in [9.17, 15) is 19.0 Å². The number of hydrogen-bond donors (Lipinski definition) is 3. The number of fused-ring (bicyclic) bond motifs is 1. The average molecular weight is 459 g/mol. The average Bonchev–Trinajstić information content (AvgIpc) is 2.79. The SMILES string of the molecule is CNc1nc2cnc(C(O)C(C)(C)O)cc2nc1N1CCN(Cc2ccc(F)cc2F)CC1. The van der Waals surface area contributed by atoms with Crippen LogP contribution in [0.3, 0.4) is 0 Å². The van der Waals surface area contributed by atoms with Crippen molar-refractivity contribution < 1.29 is 19.0 Å². The maximum Gasteiger partial charge on any atom is 0.172 e. The van der Waals surface area contributed by atoms with Gasteiger partial charge in [0.2, 0.25) is 0 Å². The molecule has 0 bridgehead atoms. The number of rotatable bonds is 6. The van der Waals surface area contributed by atoms with E-state index in [1.54, 1.807) is 13.1 Å². The Kier molecular flexibility index (Phi) is 6.42. The number of anilines is 2. The number of nitrogens with zero attached hydrogens (tertiary/aromatic N) is 5. The molecule has 0 spiro atoms. The summed E-state index contributed by atoms with van der Waals surface area (Å²) in [6, 6.07) is 5.31. The van der Waals surface area contributed by atoms with E-state index in [1.807, 2.05) is 0 Å². The van der Waals surface area contributed by atoms with Gasteiger partial charge in [-0.3, -0.25) is 9.88 Å². The third kappa shape index (κ3) is 5.02. The highest BCUT2D eigenvalue weighted by atomic mass is 19.1. The van der Waals surface area contributed by atoms with Gasteiger partial charge in [0, 0.05) is 51.4 Å². The number of halogens is 2. The van der Waals surface area contributed by atoms with Crippen LogP contribution in [-0.4, -0.2) is 68.9 Å². The molecule has 2 aromatic heterocycles. The highest BCUT2D eigenvalue weighted by Crippen LogP contribution is 2.29. The minimum atomic E-state index is -1.35. The molecule has 1 aliphatic heterocycles. The van der Waals surface area contributed by atoms with Gasteiger partial charge in [-0.05, 0) is 26.0 Å². The molecule has 3 aromatic rings. The standard InChI is InChI=1S/C23H28F2N6O2/c1-23(2,33)20(32)18-11-17-19(12-27-18)28-21(26-3)22(29-17)31-8-6-30(7-9-31)13-14-4-5-15(24)10-16(14)25/h4-5,10-12,20,32-33H,6-9,13H2,1-3H3,(H,26,28). The molecule has 176 valence electrons. The van der Waals surface area contributed by atoms with Crippen LogP contribution in [0.25, 0.3) is 11.0 Å². The second kappa shape index (κ2) is 9.12. The number of aliphatic hydroxyl groups is 2. The normalized spacial score (nSPS) is 16.3. The molecule has 1 fully saturated rings. The number of aliphatic hydroxyl groups excluding tert-OH is 1. The van der Waals surface area contributed by atoms with Gasteiger partial charge in [-0.25, -0.2) is 18.7 Å². The van der Waals surface area contributed by atoms with Gasteiger partial charge >= 0.3 is 0 Å². The van der Waals surface area contributed by atoms with Gasteiger partial charge in [0.25, 0.3) is 0 Å². The van der Waals surface area contributed by atoms with Crippen molar-refractivity contribution in [3.05, 3.63) is 53.4 Å². The van der Waals surface area contributed by atoms with Crippen LogP contribution in [0.4, 0.5) is 20.4 Å². The van der Waals surface area contributed by atoms with Crippen molar-refractivity contribution in [2.75, 3.05) is 43.4 Å². The van der Waals surface area contributed by atoms with Gasteiger partial charge in [-0.15, -0.1) is 0 Å². The van der Waals surface area contributed by atoms with Gasteiger partial charge in [0.1, 0.15) is 23.3 Å². The van der Waals surface area contributed by atoms with E-state index in [1.165, 1.54) is 32.2 Å². The van der Waals surface area contributed by atoms with Crippen LogP contribution in [0.5, 0.6) is 0 Å². The van der Waals surface area contributed by atoms with Crippen LogP contribution < -0.4 is 10.2 Å². The zero-order valence-electron chi connectivity index (χ0n) is 18.9. The first-order valence-electron chi connectivity index (χ1n) is 10.8. The molecular weight excluding hydrogens is 430 g/mol. The zero-order chi connectivity index (χ0) is 23.8. The fraction of sp³-hybridized carbons (Fsp3) is 0.435. The molecule has 33 heavy (non-hydrogen) atoms. The molecule has 3 N–H and O–H groups in total. The zero-order valence-corrected chi connectivity index (χ0v) is 18.9. The molecule has 0 saturated carbocycles. The highest BCUT2D eigenvalue weighted by molar-refractivity contribution is 5.80. The van der Waals surface area contributed by atoms with Crippen molar-refractivity contribution in [3.8, 4) is 0 Å². The van der Waals surface area contributed by atoms with E-state index in [-0.39, 0.29) is 0 Å². The van der Waals surface area contributed by atoms with E-state index >= 15 is 0 Å². The van der Waals surface area contributed by atoms with Crippen molar-refractivity contribution >= 4 is 22.7 Å². The van der Waals surface area contributed by atoms with Gasteiger partial charge in [-0.1, -0.05) is 6.07 Å². The minimum absolute atomic E-state index is 0.318. The second-order valence-electron chi connectivity index (χ2n) is 8.80. The smallest absolute Gasteiger partial charge is 0.172 e. The van der Waals surface area contributed by atoms with Crippen molar-refractivity contribution in [1.29, 1.82) is 0 Å². The Bertz CT molecular complexity index is 1150. The van der Waals surface area contributed by atoms with Gasteiger partial charge < -0.3 is 20.4 Å². The largest absolute Gasteiger partial charge is 0.387 e. The molecule has 10 heteroatoms. The number of nitrogens with one attached hydrogen (secondary N) is 1. The monoisotopic (exact) mass is 458 g/mol. The summed E-state index contributed by atoms with van der Waals surface area (Å²) in [5, 5.41) is 23.6. The Morgan fingerprint density at radius 2 is 1.82 bits per heavy atom. The van der Waals surface area contributed by atoms with Gasteiger partial charge in [0.15, 0.2) is 11.6 Å². The maximum atomic E-state index is 14.0. The lowest BCUT2D eigenvalue weighted by Crippen LogP contribution is -2.46. The van der Waals surface area contributed by atoms with Crippen LogP contribution in [0.2, 0.25) is 0 Å². The van der Waals surface area contributed by atoms with E-state index in [4.69, 9.17) is 4.98 Å². The molecule has 1 aromatic carbocycles. The molecule has 1 atom stereocenters. The molecule has 1 aliphatic rings. The first-order chi connectivity index (χ1) is 15.7. The Morgan fingerprint density at radius 3 is 2.45 bits per heavy atom. The summed E-state index contributed by atoms with van der Waals surface area (Å²) in [4.78, 5) is 17.8. The number of aromatic nitrogens is 3. The van der Waals surface area contributed by atoms with Gasteiger partial charge in [0.05, 0.1) is 23.0 Å². The second-order valence-corrected chi connectivity index (χ2v) is 8.80. The molecular formula is C23H28F2N6O2. The number of benzene rings is 1. The van der Waals surface area contributed by atoms with Crippen LogP contribution in [0, 0.1) is 11.6 Å². The molecule has 0 radical (unpaired) electrons. The Labute approximate surface area is 190 Å². The van der Waals surface area contributed by atoms with E-state index in [0.29, 0.717) is 66.7 Å². The predicted molar refractivity (Wildman–Crippen MR) is 122 cm³/mol. The quantitative estimate of drug-likeness (QED) is 0.518. The fourth-order valence-corrected chi connectivity index (χ4v) is 3.87. The van der Waals surface area contributed by atoms with Gasteiger partial charge in [-0.2, -0.15) is 0 Å². The summed E-state index contributed by atoms with van der Waals surface area (Å²) >= 11 is 0. The first kappa shape index (κ1) is 23.2. The van der Waals surface area contributed by atoms with Crippen LogP contribution >= 0.6 is 0 Å². The summed E-state index contributed by atoms with van der Waals surface area (Å²) in [6.07, 6.45) is 0.374. The lowest BCUT2D eigenvalue weighted by Gasteiger charge is -2.36. The number of piperazine rings is 1. The third-order valence-electron chi connectivity index (χ3n) is 5.82. The molecule has 0 amide bonds. The van der Waals surface area contributed by atoms with Crippen molar-refractivity contribution in [1.82, 2.24) is 19.9 Å².